The van der Waals surface area contributed by atoms with Crippen molar-refractivity contribution in [3.8, 4) is 6.07 Å². The second-order valence-corrected chi connectivity index (χ2v) is 5.65. The van der Waals surface area contributed by atoms with Crippen LogP contribution >= 0.6 is 23.2 Å². The maximum Gasteiger partial charge on any atom is 0.294 e. The van der Waals surface area contributed by atoms with Gasteiger partial charge in [0.1, 0.15) is 5.69 Å². The van der Waals surface area contributed by atoms with Gasteiger partial charge in [-0.15, -0.1) is 0 Å². The van der Waals surface area contributed by atoms with E-state index in [9.17, 15) is 10.1 Å². The number of nitrogens with zero attached hydrogens (tertiary/aromatic N) is 4. The molecule has 0 radical (unpaired) electrons. The van der Waals surface area contributed by atoms with Crippen molar-refractivity contribution in [2.45, 2.75) is 13.0 Å². The van der Waals surface area contributed by atoms with E-state index in [1.165, 1.54) is 12.1 Å². The van der Waals surface area contributed by atoms with Crippen molar-refractivity contribution in [3.63, 3.8) is 0 Å². The molecule has 0 bridgehead atoms. The van der Waals surface area contributed by atoms with Gasteiger partial charge in [-0.1, -0.05) is 23.2 Å². The monoisotopic (exact) mass is 328 g/mol. The lowest BCUT2D eigenvalue weighted by Gasteiger charge is -2.36. The fourth-order valence-electron chi connectivity index (χ4n) is 2.36. The first-order chi connectivity index (χ1) is 9.93. The second-order valence-electron chi connectivity index (χ2n) is 4.84. The standard InChI is InChI=1S/C13H14Cl2N4O2/c1-9(8-16)17-2-4-18(5-3-17)12-6-10(14)11(15)7-13(12)19(20)21/h6-7,9H,2-5H2,1H3. The van der Waals surface area contributed by atoms with Crippen molar-refractivity contribution in [1.82, 2.24) is 4.90 Å². The maximum absolute atomic E-state index is 11.2. The number of nitro groups is 1. The largest absolute Gasteiger partial charge is 0.363 e. The lowest BCUT2D eigenvalue weighted by Crippen LogP contribution is -2.49. The number of piperazine rings is 1. The van der Waals surface area contributed by atoms with Crippen LogP contribution in [0.15, 0.2) is 12.1 Å². The molecule has 1 aliphatic rings. The number of halogens is 2. The molecule has 0 spiro atoms. The van der Waals surface area contributed by atoms with Gasteiger partial charge < -0.3 is 4.90 Å². The fraction of sp³-hybridized carbons (Fsp3) is 0.462. The molecule has 21 heavy (non-hydrogen) atoms. The predicted molar refractivity (Wildman–Crippen MR) is 82.0 cm³/mol. The van der Waals surface area contributed by atoms with Gasteiger partial charge in [0.15, 0.2) is 0 Å². The molecule has 0 saturated carbocycles. The first-order valence-electron chi connectivity index (χ1n) is 6.46. The van der Waals surface area contributed by atoms with Crippen molar-refractivity contribution in [1.29, 1.82) is 5.26 Å². The van der Waals surface area contributed by atoms with Gasteiger partial charge in [0.05, 0.1) is 27.1 Å². The molecule has 1 unspecified atom stereocenters. The Kier molecular flexibility index (Phi) is 4.88. The molecule has 8 heteroatoms. The SMILES string of the molecule is CC(C#N)N1CCN(c2cc(Cl)c(Cl)cc2[N+](=O)[O-])CC1. The number of rotatable bonds is 3. The number of hydrogen-bond donors (Lipinski definition) is 0. The molecular formula is C13H14Cl2N4O2. The van der Waals surface area contributed by atoms with Crippen LogP contribution < -0.4 is 4.90 Å². The maximum atomic E-state index is 11.2. The molecule has 6 nitrogen and oxygen atoms in total. The predicted octanol–water partition coefficient (Wildman–Crippen LogP) is 2.94. The average molecular weight is 329 g/mol. The zero-order chi connectivity index (χ0) is 15.6. The minimum atomic E-state index is -0.457. The van der Waals surface area contributed by atoms with Gasteiger partial charge in [0.2, 0.25) is 0 Å². The zero-order valence-electron chi connectivity index (χ0n) is 11.4. The second kappa shape index (κ2) is 6.48. The summed E-state index contributed by atoms with van der Waals surface area (Å²) in [5.74, 6) is 0. The molecule has 112 valence electrons. The summed E-state index contributed by atoms with van der Waals surface area (Å²) < 4.78 is 0. The number of hydrogen-bond acceptors (Lipinski definition) is 5. The molecule has 1 fully saturated rings. The third-order valence-corrected chi connectivity index (χ3v) is 4.33. The van der Waals surface area contributed by atoms with E-state index in [2.05, 4.69) is 6.07 Å². The van der Waals surface area contributed by atoms with Crippen LogP contribution in [0.25, 0.3) is 0 Å². The molecule has 0 aromatic heterocycles. The van der Waals surface area contributed by atoms with Crippen LogP contribution in [0.5, 0.6) is 0 Å². The van der Waals surface area contributed by atoms with Crippen LogP contribution in [0.2, 0.25) is 10.0 Å². The van der Waals surface area contributed by atoms with Crippen molar-refractivity contribution in [2.24, 2.45) is 0 Å². The van der Waals surface area contributed by atoms with Crippen LogP contribution in [0.1, 0.15) is 6.92 Å². The lowest BCUT2D eigenvalue weighted by molar-refractivity contribution is -0.384. The summed E-state index contributed by atoms with van der Waals surface area (Å²) >= 11 is 11.8. The van der Waals surface area contributed by atoms with E-state index in [1.54, 1.807) is 0 Å². The van der Waals surface area contributed by atoms with Crippen molar-refractivity contribution >= 4 is 34.6 Å². The Balaban J connectivity index is 2.22. The molecular weight excluding hydrogens is 315 g/mol. The lowest BCUT2D eigenvalue weighted by atomic mass is 10.2. The summed E-state index contributed by atoms with van der Waals surface area (Å²) in [5, 5.41) is 20.6. The van der Waals surface area contributed by atoms with Gasteiger partial charge in [-0.05, 0) is 13.0 Å². The van der Waals surface area contributed by atoms with E-state index in [0.717, 1.165) is 0 Å². The van der Waals surface area contributed by atoms with Crippen molar-refractivity contribution in [3.05, 3.63) is 32.3 Å². The van der Waals surface area contributed by atoms with Crippen molar-refractivity contribution in [2.75, 3.05) is 31.1 Å². The molecule has 1 heterocycles. The molecule has 1 atom stereocenters. The Morgan fingerprint density at radius 2 is 1.86 bits per heavy atom. The smallest absolute Gasteiger partial charge is 0.294 e. The summed E-state index contributed by atoms with van der Waals surface area (Å²) in [4.78, 5) is 14.7. The minimum absolute atomic E-state index is 0.0498. The summed E-state index contributed by atoms with van der Waals surface area (Å²) in [6.45, 7) is 4.39. The van der Waals surface area contributed by atoms with Crippen LogP contribution in [0, 0.1) is 21.4 Å². The Hall–Kier alpha value is -1.55. The minimum Gasteiger partial charge on any atom is -0.363 e. The van der Waals surface area contributed by atoms with Gasteiger partial charge in [-0.2, -0.15) is 5.26 Å². The van der Waals surface area contributed by atoms with Crippen LogP contribution in [-0.4, -0.2) is 42.0 Å². The Morgan fingerprint density at radius 3 is 2.38 bits per heavy atom. The highest BCUT2D eigenvalue weighted by Gasteiger charge is 2.26. The van der Waals surface area contributed by atoms with Gasteiger partial charge >= 0.3 is 0 Å². The normalized spacial score (nSPS) is 17.3. The summed E-state index contributed by atoms with van der Waals surface area (Å²) in [7, 11) is 0. The Morgan fingerprint density at radius 1 is 1.29 bits per heavy atom. The van der Waals surface area contributed by atoms with E-state index in [-0.39, 0.29) is 16.8 Å². The molecule has 0 aliphatic carbocycles. The number of benzene rings is 1. The van der Waals surface area contributed by atoms with E-state index < -0.39 is 4.92 Å². The van der Waals surface area contributed by atoms with Crippen molar-refractivity contribution < 1.29 is 4.92 Å². The molecule has 1 aromatic rings. The third kappa shape index (κ3) is 3.38. The molecule has 1 saturated heterocycles. The summed E-state index contributed by atoms with van der Waals surface area (Å²) in [6.07, 6.45) is 0. The zero-order valence-corrected chi connectivity index (χ0v) is 12.9. The average Bonchev–Trinajstić information content (AvgIpc) is 2.48. The molecule has 1 aromatic carbocycles. The molecule has 0 amide bonds. The number of anilines is 1. The molecule has 0 N–H and O–H groups in total. The third-order valence-electron chi connectivity index (χ3n) is 3.60. The molecule has 2 rings (SSSR count). The van der Waals surface area contributed by atoms with E-state index in [0.29, 0.717) is 36.9 Å². The fourth-order valence-corrected chi connectivity index (χ4v) is 2.67. The van der Waals surface area contributed by atoms with E-state index in [1.807, 2.05) is 16.7 Å². The van der Waals surface area contributed by atoms with Gasteiger partial charge in [-0.25, -0.2) is 0 Å². The summed E-state index contributed by atoms with van der Waals surface area (Å²) in [5.41, 5.74) is 0.421. The number of nitriles is 1. The van der Waals surface area contributed by atoms with E-state index in [4.69, 9.17) is 28.5 Å². The highest BCUT2D eigenvalue weighted by atomic mass is 35.5. The van der Waals surface area contributed by atoms with Crippen LogP contribution in [0.3, 0.4) is 0 Å². The number of nitro benzene ring substituents is 1. The van der Waals surface area contributed by atoms with Gasteiger partial charge in [-0.3, -0.25) is 15.0 Å². The summed E-state index contributed by atoms with van der Waals surface area (Å²) in [6, 6.07) is 4.85. The van der Waals surface area contributed by atoms with Crippen LogP contribution in [-0.2, 0) is 0 Å². The first kappa shape index (κ1) is 15.8. The Bertz CT molecular complexity index is 595. The highest BCUT2D eigenvalue weighted by Crippen LogP contribution is 2.36. The quantitative estimate of drug-likeness (QED) is 0.630. The first-order valence-corrected chi connectivity index (χ1v) is 7.21. The van der Waals surface area contributed by atoms with E-state index >= 15 is 0 Å². The molecule has 1 aliphatic heterocycles. The van der Waals surface area contributed by atoms with Gasteiger partial charge in [0, 0.05) is 32.2 Å². The van der Waals surface area contributed by atoms with Gasteiger partial charge in [0.25, 0.3) is 5.69 Å². The highest BCUT2D eigenvalue weighted by molar-refractivity contribution is 6.42. The topological polar surface area (TPSA) is 73.4 Å². The Labute approximate surface area is 132 Å². The van der Waals surface area contributed by atoms with Crippen LogP contribution in [0.4, 0.5) is 11.4 Å².